The average Bonchev–Trinajstić information content (AvgIpc) is 2.37. The van der Waals surface area contributed by atoms with E-state index in [4.69, 9.17) is 0 Å². The maximum atomic E-state index is 10.7. The standard InChI is InChI=1S/C13H16O5S/c1-8(15)19-5-4-11(16)13(18)9-2-3-10(7-14)12(17)6-9/h2-3,6-7,11,13,16-18H,4-5H2,1H3. The summed E-state index contributed by atoms with van der Waals surface area (Å²) in [7, 11) is 0. The Morgan fingerprint density at radius 3 is 2.63 bits per heavy atom. The summed E-state index contributed by atoms with van der Waals surface area (Å²) in [6.07, 6.45) is -1.44. The smallest absolute Gasteiger partial charge is 0.185 e. The quantitative estimate of drug-likeness (QED) is 0.681. The van der Waals surface area contributed by atoms with Gasteiger partial charge in [0.1, 0.15) is 11.9 Å². The zero-order chi connectivity index (χ0) is 14.4. The molecule has 19 heavy (non-hydrogen) atoms. The minimum absolute atomic E-state index is 0.0466. The fourth-order valence-corrected chi connectivity index (χ4v) is 2.19. The Kier molecular flexibility index (Phi) is 6.01. The second kappa shape index (κ2) is 7.28. The van der Waals surface area contributed by atoms with Crippen molar-refractivity contribution in [1.82, 2.24) is 0 Å². The van der Waals surface area contributed by atoms with Crippen LogP contribution in [0.1, 0.15) is 35.4 Å². The summed E-state index contributed by atoms with van der Waals surface area (Å²) in [6.45, 7) is 1.43. The molecule has 0 heterocycles. The Hall–Kier alpha value is -1.37. The van der Waals surface area contributed by atoms with E-state index < -0.39 is 12.2 Å². The second-order valence-electron chi connectivity index (χ2n) is 4.08. The van der Waals surface area contributed by atoms with E-state index in [0.29, 0.717) is 17.6 Å². The number of aliphatic hydroxyl groups excluding tert-OH is 2. The van der Waals surface area contributed by atoms with Gasteiger partial charge in [-0.1, -0.05) is 17.8 Å². The van der Waals surface area contributed by atoms with Crippen LogP contribution < -0.4 is 0 Å². The lowest BCUT2D eigenvalue weighted by Crippen LogP contribution is -2.19. The van der Waals surface area contributed by atoms with E-state index in [1.807, 2.05) is 0 Å². The van der Waals surface area contributed by atoms with Gasteiger partial charge in [0.25, 0.3) is 0 Å². The van der Waals surface area contributed by atoms with Crippen LogP contribution in [0.15, 0.2) is 18.2 Å². The summed E-state index contributed by atoms with van der Waals surface area (Å²) in [5.41, 5.74) is 0.445. The molecule has 5 nitrogen and oxygen atoms in total. The molecule has 1 aromatic rings. The summed E-state index contributed by atoms with van der Waals surface area (Å²) in [4.78, 5) is 21.3. The van der Waals surface area contributed by atoms with Gasteiger partial charge in [-0.3, -0.25) is 9.59 Å². The highest BCUT2D eigenvalue weighted by Gasteiger charge is 2.19. The lowest BCUT2D eigenvalue weighted by Gasteiger charge is -2.18. The van der Waals surface area contributed by atoms with Gasteiger partial charge < -0.3 is 15.3 Å². The number of thioether (sulfide) groups is 1. The fraction of sp³-hybridized carbons (Fsp3) is 0.385. The fourth-order valence-electron chi connectivity index (χ4n) is 1.55. The third kappa shape index (κ3) is 4.66. The van der Waals surface area contributed by atoms with Crippen molar-refractivity contribution in [3.8, 4) is 5.75 Å². The first-order valence-corrected chi connectivity index (χ1v) is 6.72. The maximum Gasteiger partial charge on any atom is 0.185 e. The molecule has 0 bridgehead atoms. The molecule has 0 aliphatic carbocycles. The summed E-state index contributed by atoms with van der Waals surface area (Å²) in [6, 6.07) is 4.09. The molecule has 0 amide bonds. The minimum atomic E-state index is -1.17. The summed E-state index contributed by atoms with van der Waals surface area (Å²) in [5, 5.41) is 29.1. The molecule has 0 radical (unpaired) electrons. The van der Waals surface area contributed by atoms with E-state index in [0.717, 1.165) is 11.8 Å². The summed E-state index contributed by atoms with van der Waals surface area (Å²) >= 11 is 1.08. The molecule has 0 aliphatic heterocycles. The van der Waals surface area contributed by atoms with Crippen LogP contribution in [0.5, 0.6) is 5.75 Å². The molecular formula is C13H16O5S. The SMILES string of the molecule is CC(=O)SCCC(O)C(O)c1ccc(C=O)c(O)c1. The molecule has 2 atom stereocenters. The molecule has 0 saturated heterocycles. The van der Waals surface area contributed by atoms with Crippen LogP contribution in [0.2, 0.25) is 0 Å². The molecule has 0 aromatic heterocycles. The van der Waals surface area contributed by atoms with Gasteiger partial charge in [-0.15, -0.1) is 0 Å². The van der Waals surface area contributed by atoms with Crippen molar-refractivity contribution in [2.24, 2.45) is 0 Å². The van der Waals surface area contributed by atoms with E-state index in [-0.39, 0.29) is 22.8 Å². The molecule has 3 N–H and O–H groups in total. The Labute approximate surface area is 115 Å². The van der Waals surface area contributed by atoms with Crippen LogP contribution >= 0.6 is 11.8 Å². The number of aliphatic hydroxyl groups is 2. The molecule has 1 aromatic carbocycles. The van der Waals surface area contributed by atoms with Gasteiger partial charge in [-0.25, -0.2) is 0 Å². The molecule has 0 saturated carbocycles. The minimum Gasteiger partial charge on any atom is -0.507 e. The van der Waals surface area contributed by atoms with E-state index in [9.17, 15) is 24.9 Å². The highest BCUT2D eigenvalue weighted by Crippen LogP contribution is 2.25. The monoisotopic (exact) mass is 284 g/mol. The van der Waals surface area contributed by atoms with E-state index >= 15 is 0 Å². The Morgan fingerprint density at radius 2 is 2.11 bits per heavy atom. The number of phenols is 1. The lowest BCUT2D eigenvalue weighted by molar-refractivity contribution is -0.109. The Bertz CT molecular complexity index is 460. The maximum absolute atomic E-state index is 10.7. The number of rotatable bonds is 6. The van der Waals surface area contributed by atoms with Crippen molar-refractivity contribution in [3.05, 3.63) is 29.3 Å². The normalized spacial score (nSPS) is 13.8. The van der Waals surface area contributed by atoms with Crippen LogP contribution in [0.4, 0.5) is 0 Å². The third-order valence-electron chi connectivity index (χ3n) is 2.61. The largest absolute Gasteiger partial charge is 0.507 e. The van der Waals surface area contributed by atoms with Crippen molar-refractivity contribution in [3.63, 3.8) is 0 Å². The van der Waals surface area contributed by atoms with Crippen LogP contribution in [0.25, 0.3) is 0 Å². The predicted molar refractivity (Wildman–Crippen MR) is 72.2 cm³/mol. The lowest BCUT2D eigenvalue weighted by atomic mass is 10.0. The number of carbonyl (C=O) groups excluding carboxylic acids is 2. The second-order valence-corrected chi connectivity index (χ2v) is 5.35. The first-order valence-electron chi connectivity index (χ1n) is 5.73. The third-order valence-corrected chi connectivity index (χ3v) is 3.45. The highest BCUT2D eigenvalue weighted by atomic mass is 32.2. The van der Waals surface area contributed by atoms with E-state index in [2.05, 4.69) is 0 Å². The highest BCUT2D eigenvalue weighted by molar-refractivity contribution is 8.13. The Balaban J connectivity index is 2.65. The number of hydrogen-bond acceptors (Lipinski definition) is 6. The van der Waals surface area contributed by atoms with E-state index in [1.165, 1.54) is 25.1 Å². The molecule has 0 spiro atoms. The predicted octanol–water partition coefficient (Wildman–Crippen LogP) is 1.27. The molecule has 1 rings (SSSR count). The molecule has 2 unspecified atom stereocenters. The van der Waals surface area contributed by atoms with Crippen LogP contribution in [0.3, 0.4) is 0 Å². The van der Waals surface area contributed by atoms with Gasteiger partial charge in [0.2, 0.25) is 0 Å². The zero-order valence-corrected chi connectivity index (χ0v) is 11.3. The van der Waals surface area contributed by atoms with Gasteiger partial charge in [-0.2, -0.15) is 0 Å². The number of phenolic OH excluding ortho intramolecular Hbond substituents is 1. The topological polar surface area (TPSA) is 94.8 Å². The van der Waals surface area contributed by atoms with Gasteiger partial charge in [0, 0.05) is 12.7 Å². The van der Waals surface area contributed by atoms with Crippen molar-refractivity contribution in [2.45, 2.75) is 25.6 Å². The number of carbonyl (C=O) groups is 2. The number of aldehydes is 1. The van der Waals surface area contributed by atoms with Gasteiger partial charge in [0.15, 0.2) is 11.4 Å². The summed E-state index contributed by atoms with van der Waals surface area (Å²) in [5.74, 6) is 0.170. The van der Waals surface area contributed by atoms with Gasteiger partial charge >= 0.3 is 0 Å². The van der Waals surface area contributed by atoms with Gasteiger partial charge in [0.05, 0.1) is 11.7 Å². The van der Waals surface area contributed by atoms with Crippen molar-refractivity contribution < 1.29 is 24.9 Å². The first kappa shape index (κ1) is 15.7. The van der Waals surface area contributed by atoms with Crippen LogP contribution in [-0.2, 0) is 4.79 Å². The molecule has 6 heteroatoms. The molecule has 104 valence electrons. The van der Waals surface area contributed by atoms with Crippen molar-refractivity contribution in [1.29, 1.82) is 0 Å². The van der Waals surface area contributed by atoms with Crippen molar-refractivity contribution in [2.75, 3.05) is 5.75 Å². The van der Waals surface area contributed by atoms with Gasteiger partial charge in [-0.05, 0) is 24.1 Å². The molecule has 0 aliphatic rings. The molecule has 0 fully saturated rings. The number of benzene rings is 1. The zero-order valence-electron chi connectivity index (χ0n) is 10.4. The number of hydrogen-bond donors (Lipinski definition) is 3. The first-order chi connectivity index (χ1) is 8.95. The molecular weight excluding hydrogens is 268 g/mol. The summed E-state index contributed by atoms with van der Waals surface area (Å²) < 4.78 is 0. The van der Waals surface area contributed by atoms with Crippen molar-refractivity contribution >= 4 is 23.2 Å². The average molecular weight is 284 g/mol. The van der Waals surface area contributed by atoms with Crippen LogP contribution in [-0.4, -0.2) is 38.6 Å². The Morgan fingerprint density at radius 1 is 1.42 bits per heavy atom. The van der Waals surface area contributed by atoms with Crippen LogP contribution in [0, 0.1) is 0 Å². The van der Waals surface area contributed by atoms with E-state index in [1.54, 1.807) is 0 Å². The number of aromatic hydroxyl groups is 1.